The largest absolute Gasteiger partial charge is 0.486 e. The standard InChI is InChI=1S/C27H29NO7S/c1-4-16(2)34-27(31)23-20-7-5-6-8-22(20)36-25(23)28-24(29)21-14-13-19(35-21)15-33-18-11-9-17(10-12-18)26(30)32-3/h9-14,16H,4-8,15H2,1-3H3,(H,28,29). The summed E-state index contributed by atoms with van der Waals surface area (Å²) in [6, 6.07) is 9.75. The van der Waals surface area contributed by atoms with Crippen LogP contribution in [0.15, 0.2) is 40.8 Å². The maximum Gasteiger partial charge on any atom is 0.341 e. The number of anilines is 1. The highest BCUT2D eigenvalue weighted by Crippen LogP contribution is 2.39. The van der Waals surface area contributed by atoms with Crippen molar-refractivity contribution in [2.75, 3.05) is 12.4 Å². The quantitative estimate of drug-likeness (QED) is 0.362. The second-order valence-electron chi connectivity index (χ2n) is 8.56. The van der Waals surface area contributed by atoms with E-state index in [0.717, 1.165) is 36.1 Å². The average Bonchev–Trinajstić information content (AvgIpc) is 3.51. The van der Waals surface area contributed by atoms with E-state index >= 15 is 0 Å². The van der Waals surface area contributed by atoms with Gasteiger partial charge in [0.15, 0.2) is 5.76 Å². The van der Waals surface area contributed by atoms with Crippen LogP contribution in [0.3, 0.4) is 0 Å². The maximum atomic E-state index is 13.0. The van der Waals surface area contributed by atoms with E-state index in [-0.39, 0.29) is 18.5 Å². The highest BCUT2D eigenvalue weighted by molar-refractivity contribution is 7.17. The minimum Gasteiger partial charge on any atom is -0.486 e. The number of hydrogen-bond donors (Lipinski definition) is 1. The van der Waals surface area contributed by atoms with Gasteiger partial charge in [0.05, 0.1) is 24.3 Å². The lowest BCUT2D eigenvalue weighted by Crippen LogP contribution is -2.18. The molecular formula is C27H29NO7S. The Kier molecular flexibility index (Phi) is 8.10. The molecule has 9 heteroatoms. The van der Waals surface area contributed by atoms with Crippen molar-refractivity contribution in [2.24, 2.45) is 0 Å². The van der Waals surface area contributed by atoms with Crippen molar-refractivity contribution in [3.63, 3.8) is 0 Å². The zero-order chi connectivity index (χ0) is 25.7. The molecule has 0 saturated carbocycles. The van der Waals surface area contributed by atoms with Crippen LogP contribution in [0.1, 0.15) is 80.6 Å². The van der Waals surface area contributed by atoms with E-state index in [9.17, 15) is 14.4 Å². The van der Waals surface area contributed by atoms with E-state index in [1.165, 1.54) is 18.4 Å². The molecule has 8 nitrogen and oxygen atoms in total. The first-order chi connectivity index (χ1) is 17.4. The predicted octanol–water partition coefficient (Wildman–Crippen LogP) is 5.79. The third-order valence-corrected chi connectivity index (χ3v) is 7.23. The molecule has 4 rings (SSSR count). The first-order valence-electron chi connectivity index (χ1n) is 12.0. The zero-order valence-corrected chi connectivity index (χ0v) is 21.4. The Hall–Kier alpha value is -3.59. The van der Waals surface area contributed by atoms with Gasteiger partial charge in [-0.25, -0.2) is 9.59 Å². The summed E-state index contributed by atoms with van der Waals surface area (Å²) in [6.07, 6.45) is 4.27. The predicted molar refractivity (Wildman–Crippen MR) is 135 cm³/mol. The molecule has 0 spiro atoms. The summed E-state index contributed by atoms with van der Waals surface area (Å²) >= 11 is 1.43. The monoisotopic (exact) mass is 511 g/mol. The van der Waals surface area contributed by atoms with Gasteiger partial charge in [0.1, 0.15) is 23.1 Å². The van der Waals surface area contributed by atoms with Crippen molar-refractivity contribution in [3.05, 3.63) is 69.5 Å². The molecule has 1 aliphatic rings. The molecular weight excluding hydrogens is 482 g/mol. The van der Waals surface area contributed by atoms with Gasteiger partial charge in [0.2, 0.25) is 0 Å². The number of methoxy groups -OCH3 is 1. The number of carbonyl (C=O) groups is 3. The number of nitrogens with one attached hydrogen (secondary N) is 1. The van der Waals surface area contributed by atoms with Gasteiger partial charge in [-0.1, -0.05) is 6.92 Å². The fourth-order valence-corrected chi connectivity index (χ4v) is 5.17. The van der Waals surface area contributed by atoms with Gasteiger partial charge < -0.3 is 23.9 Å². The number of furan rings is 1. The fraction of sp³-hybridized carbons (Fsp3) is 0.370. The first-order valence-corrected chi connectivity index (χ1v) is 12.8. The Balaban J connectivity index is 1.43. The number of aryl methyl sites for hydroxylation is 1. The number of fused-ring (bicyclic) bond motifs is 1. The molecule has 3 aromatic rings. The summed E-state index contributed by atoms with van der Waals surface area (Å²) in [5, 5.41) is 3.37. The van der Waals surface area contributed by atoms with E-state index in [1.807, 2.05) is 13.8 Å². The van der Waals surface area contributed by atoms with Crippen LogP contribution in [0.5, 0.6) is 5.75 Å². The fourth-order valence-electron chi connectivity index (χ4n) is 3.90. The maximum absolute atomic E-state index is 13.0. The molecule has 1 N–H and O–H groups in total. The Morgan fingerprint density at radius 3 is 2.53 bits per heavy atom. The van der Waals surface area contributed by atoms with Crippen LogP contribution in [0, 0.1) is 0 Å². The highest BCUT2D eigenvalue weighted by atomic mass is 32.1. The number of rotatable bonds is 9. The molecule has 0 fully saturated rings. The van der Waals surface area contributed by atoms with E-state index in [0.29, 0.717) is 34.1 Å². The Bertz CT molecular complexity index is 1240. The highest BCUT2D eigenvalue weighted by Gasteiger charge is 2.28. The normalized spacial score (nSPS) is 13.4. The number of amides is 1. The third kappa shape index (κ3) is 5.79. The summed E-state index contributed by atoms with van der Waals surface area (Å²) in [5.74, 6) is -0.156. The molecule has 1 aromatic carbocycles. The van der Waals surface area contributed by atoms with Gasteiger partial charge in [0, 0.05) is 4.88 Å². The van der Waals surface area contributed by atoms with E-state index in [2.05, 4.69) is 10.1 Å². The molecule has 190 valence electrons. The molecule has 2 aromatic heterocycles. The second-order valence-corrected chi connectivity index (χ2v) is 9.67. The summed E-state index contributed by atoms with van der Waals surface area (Å²) in [6.45, 7) is 3.92. The van der Waals surface area contributed by atoms with Crippen LogP contribution in [0.25, 0.3) is 0 Å². The van der Waals surface area contributed by atoms with Crippen molar-refractivity contribution in [1.82, 2.24) is 0 Å². The lowest BCUT2D eigenvalue weighted by atomic mass is 9.95. The minimum absolute atomic E-state index is 0.102. The lowest BCUT2D eigenvalue weighted by molar-refractivity contribution is 0.0334. The lowest BCUT2D eigenvalue weighted by Gasteiger charge is -2.15. The molecule has 0 bridgehead atoms. The summed E-state index contributed by atoms with van der Waals surface area (Å²) in [5.41, 5.74) is 1.87. The zero-order valence-electron chi connectivity index (χ0n) is 20.6. The molecule has 2 heterocycles. The number of thiophene rings is 1. The summed E-state index contributed by atoms with van der Waals surface area (Å²) in [4.78, 5) is 38.6. The van der Waals surface area contributed by atoms with Gasteiger partial charge in [0.25, 0.3) is 5.91 Å². The molecule has 1 amide bonds. The minimum atomic E-state index is -0.445. The smallest absolute Gasteiger partial charge is 0.341 e. The van der Waals surface area contributed by atoms with Crippen molar-refractivity contribution in [2.45, 2.75) is 58.7 Å². The number of esters is 2. The van der Waals surface area contributed by atoms with Crippen LogP contribution in [-0.4, -0.2) is 31.1 Å². The van der Waals surface area contributed by atoms with E-state index in [4.69, 9.17) is 13.9 Å². The van der Waals surface area contributed by atoms with E-state index < -0.39 is 17.8 Å². The molecule has 0 radical (unpaired) electrons. The Morgan fingerprint density at radius 2 is 1.81 bits per heavy atom. The van der Waals surface area contributed by atoms with Crippen LogP contribution < -0.4 is 10.1 Å². The third-order valence-electron chi connectivity index (χ3n) is 6.03. The van der Waals surface area contributed by atoms with Crippen molar-refractivity contribution >= 4 is 34.2 Å². The van der Waals surface area contributed by atoms with Gasteiger partial charge in [-0.05, 0) is 81.0 Å². The van der Waals surface area contributed by atoms with Gasteiger partial charge in [-0.2, -0.15) is 0 Å². The molecule has 1 unspecified atom stereocenters. The van der Waals surface area contributed by atoms with Crippen LogP contribution in [-0.2, 0) is 28.9 Å². The number of hydrogen-bond acceptors (Lipinski definition) is 8. The topological polar surface area (TPSA) is 104 Å². The summed E-state index contributed by atoms with van der Waals surface area (Å²) < 4.78 is 21.6. The van der Waals surface area contributed by atoms with Gasteiger partial charge in [-0.15, -0.1) is 11.3 Å². The molecule has 0 aliphatic heterocycles. The van der Waals surface area contributed by atoms with Crippen LogP contribution >= 0.6 is 11.3 Å². The number of ether oxygens (including phenoxy) is 3. The van der Waals surface area contributed by atoms with Crippen LogP contribution in [0.2, 0.25) is 0 Å². The first kappa shape index (κ1) is 25.5. The van der Waals surface area contributed by atoms with Crippen LogP contribution in [0.4, 0.5) is 5.00 Å². The van der Waals surface area contributed by atoms with Crippen molar-refractivity contribution in [1.29, 1.82) is 0 Å². The van der Waals surface area contributed by atoms with Gasteiger partial charge >= 0.3 is 11.9 Å². The number of carbonyl (C=O) groups excluding carboxylic acids is 3. The van der Waals surface area contributed by atoms with Crippen molar-refractivity contribution < 1.29 is 33.0 Å². The molecule has 36 heavy (non-hydrogen) atoms. The average molecular weight is 512 g/mol. The van der Waals surface area contributed by atoms with E-state index in [1.54, 1.807) is 36.4 Å². The second kappa shape index (κ2) is 11.4. The molecule has 0 saturated heterocycles. The summed E-state index contributed by atoms with van der Waals surface area (Å²) in [7, 11) is 1.32. The Labute approximate surface area is 213 Å². The van der Waals surface area contributed by atoms with Gasteiger partial charge in [-0.3, -0.25) is 4.79 Å². The molecule has 1 aliphatic carbocycles. The Morgan fingerprint density at radius 1 is 1.06 bits per heavy atom. The molecule has 1 atom stereocenters. The SMILES string of the molecule is CCC(C)OC(=O)c1c(NC(=O)c2ccc(COc3ccc(C(=O)OC)cc3)o2)sc2c1CCCC2. The number of benzene rings is 1. The van der Waals surface area contributed by atoms with Crippen molar-refractivity contribution in [3.8, 4) is 5.75 Å².